The van der Waals surface area contributed by atoms with Crippen molar-refractivity contribution < 1.29 is 13.3 Å². The third-order valence-corrected chi connectivity index (χ3v) is 7.46. The minimum atomic E-state index is -2.81. The molecule has 8 heteroatoms. The van der Waals surface area contributed by atoms with Crippen LogP contribution in [-0.2, 0) is 14.7 Å². The fourth-order valence-corrected chi connectivity index (χ4v) is 5.46. The van der Waals surface area contributed by atoms with Crippen molar-refractivity contribution in [3.05, 3.63) is 11.8 Å². The molecule has 3 aliphatic rings. The number of hydrogen-bond acceptors (Lipinski definition) is 6. The monoisotopic (exact) mass is 384 g/mol. The van der Waals surface area contributed by atoms with E-state index >= 15 is 0 Å². The summed E-state index contributed by atoms with van der Waals surface area (Å²) in [5.41, 5.74) is 2.73. The number of nitrogens with one attached hydrogen (secondary N) is 3. The van der Waals surface area contributed by atoms with E-state index in [1.165, 1.54) is 12.8 Å². The molecule has 0 spiro atoms. The average molecular weight is 385 g/mol. The Kier molecular flexibility index (Phi) is 6.25. The molecule has 0 amide bonds. The van der Waals surface area contributed by atoms with Gasteiger partial charge in [-0.15, -0.1) is 0 Å². The molecule has 0 radical (unpaired) electrons. The Labute approximate surface area is 156 Å². The molecule has 0 bridgehead atoms. The first-order valence-electron chi connectivity index (χ1n) is 9.70. The number of hydroxylamine groups is 1. The van der Waals surface area contributed by atoms with Crippen LogP contribution in [0, 0.1) is 17.2 Å². The third-order valence-electron chi connectivity index (χ3n) is 5.75. The van der Waals surface area contributed by atoms with E-state index in [4.69, 9.17) is 10.2 Å². The fourth-order valence-electron chi connectivity index (χ4n) is 4.00. The van der Waals surface area contributed by atoms with Crippen LogP contribution in [0.2, 0.25) is 0 Å². The molecule has 3 fully saturated rings. The first kappa shape index (κ1) is 19.6. The number of likely N-dealkylation sites (tertiary alicyclic amines) is 1. The molecule has 2 heterocycles. The Morgan fingerprint density at radius 2 is 1.92 bits per heavy atom. The number of allylic oxidation sites excluding steroid dienone is 1. The highest BCUT2D eigenvalue weighted by Crippen LogP contribution is 2.36. The normalized spacial score (nSPS) is 30.3. The standard InChI is InChI=1S/C18H32N4O3S/c1-13-11-22(15-7-9-26(23,24)10-8-15)12-16(13)21-18(19)6-5-17(25-20-2)14-3-4-14/h5,13-16,20H,3-4,6-12H2,1-2H3,(H2,19,21)/b17-5-/t13-,16-/m0/s1. The molecule has 2 atom stereocenters. The van der Waals surface area contributed by atoms with Gasteiger partial charge in [-0.2, -0.15) is 5.48 Å². The highest BCUT2D eigenvalue weighted by atomic mass is 32.2. The van der Waals surface area contributed by atoms with Gasteiger partial charge in [0.15, 0.2) is 0 Å². The van der Waals surface area contributed by atoms with Crippen LogP contribution in [0.3, 0.4) is 0 Å². The minimum Gasteiger partial charge on any atom is -0.414 e. The number of nitrogens with zero attached hydrogens (tertiary/aromatic N) is 1. The first-order valence-corrected chi connectivity index (χ1v) is 11.5. The summed E-state index contributed by atoms with van der Waals surface area (Å²) in [6, 6.07) is 0.622. The van der Waals surface area contributed by atoms with Gasteiger partial charge in [0, 0.05) is 44.6 Å². The van der Waals surface area contributed by atoms with Gasteiger partial charge in [-0.1, -0.05) is 6.92 Å². The molecular formula is C18H32N4O3S. The largest absolute Gasteiger partial charge is 0.414 e. The van der Waals surface area contributed by atoms with E-state index in [-0.39, 0.29) is 6.04 Å². The van der Waals surface area contributed by atoms with Crippen LogP contribution in [0.4, 0.5) is 0 Å². The maximum absolute atomic E-state index is 11.6. The van der Waals surface area contributed by atoms with Crippen molar-refractivity contribution in [1.29, 1.82) is 5.41 Å². The summed E-state index contributed by atoms with van der Waals surface area (Å²) in [6.45, 7) is 4.07. The molecule has 0 aromatic carbocycles. The van der Waals surface area contributed by atoms with Crippen molar-refractivity contribution in [3.63, 3.8) is 0 Å². The molecule has 2 saturated heterocycles. The summed E-state index contributed by atoms with van der Waals surface area (Å²) < 4.78 is 23.3. The van der Waals surface area contributed by atoms with Gasteiger partial charge < -0.3 is 10.2 Å². The predicted octanol–water partition coefficient (Wildman–Crippen LogP) is 1.29. The zero-order chi connectivity index (χ0) is 18.7. The molecule has 1 saturated carbocycles. The third kappa shape index (κ3) is 5.20. The zero-order valence-electron chi connectivity index (χ0n) is 15.8. The molecule has 3 rings (SSSR count). The van der Waals surface area contributed by atoms with Crippen LogP contribution in [-0.4, -0.2) is 62.9 Å². The second-order valence-electron chi connectivity index (χ2n) is 7.93. The maximum Gasteiger partial charge on any atom is 0.150 e. The second kappa shape index (κ2) is 8.27. The fraction of sp³-hybridized carbons (Fsp3) is 0.833. The van der Waals surface area contributed by atoms with Crippen LogP contribution >= 0.6 is 0 Å². The molecule has 26 heavy (non-hydrogen) atoms. The van der Waals surface area contributed by atoms with Crippen molar-refractivity contribution in [2.45, 2.75) is 51.1 Å². The van der Waals surface area contributed by atoms with Gasteiger partial charge in [0.2, 0.25) is 0 Å². The van der Waals surface area contributed by atoms with E-state index in [2.05, 4.69) is 22.6 Å². The lowest BCUT2D eigenvalue weighted by atomic mass is 10.1. The van der Waals surface area contributed by atoms with Crippen LogP contribution in [0.25, 0.3) is 0 Å². The summed E-state index contributed by atoms with van der Waals surface area (Å²) in [6.07, 6.45) is 6.38. The number of rotatable bonds is 7. The van der Waals surface area contributed by atoms with Gasteiger partial charge in [-0.05, 0) is 37.7 Å². The van der Waals surface area contributed by atoms with Gasteiger partial charge >= 0.3 is 0 Å². The van der Waals surface area contributed by atoms with Crippen LogP contribution in [0.1, 0.15) is 39.0 Å². The van der Waals surface area contributed by atoms with Crippen molar-refractivity contribution in [1.82, 2.24) is 15.7 Å². The van der Waals surface area contributed by atoms with Gasteiger partial charge in [0.25, 0.3) is 0 Å². The Morgan fingerprint density at radius 3 is 2.54 bits per heavy atom. The molecule has 1 aliphatic carbocycles. The molecule has 148 valence electrons. The lowest BCUT2D eigenvalue weighted by molar-refractivity contribution is 0.114. The molecule has 2 aliphatic heterocycles. The lowest BCUT2D eigenvalue weighted by Crippen LogP contribution is -2.43. The van der Waals surface area contributed by atoms with E-state index < -0.39 is 9.84 Å². The lowest BCUT2D eigenvalue weighted by Gasteiger charge is -2.31. The first-order chi connectivity index (χ1) is 12.4. The quantitative estimate of drug-likeness (QED) is 0.265. The highest BCUT2D eigenvalue weighted by molar-refractivity contribution is 7.91. The number of hydrogen-bond donors (Lipinski definition) is 3. The zero-order valence-corrected chi connectivity index (χ0v) is 16.6. The van der Waals surface area contributed by atoms with Gasteiger partial charge in [0.1, 0.15) is 15.6 Å². The summed E-state index contributed by atoms with van der Waals surface area (Å²) in [5, 5.41) is 11.6. The van der Waals surface area contributed by atoms with E-state index in [0.29, 0.717) is 41.6 Å². The summed E-state index contributed by atoms with van der Waals surface area (Å²) in [7, 11) is -1.06. The van der Waals surface area contributed by atoms with Gasteiger partial charge in [-0.3, -0.25) is 10.3 Å². The molecule has 0 unspecified atom stereocenters. The van der Waals surface area contributed by atoms with Crippen molar-refractivity contribution >= 4 is 15.7 Å². The highest BCUT2D eigenvalue weighted by Gasteiger charge is 2.36. The summed E-state index contributed by atoms with van der Waals surface area (Å²) >= 11 is 0. The smallest absolute Gasteiger partial charge is 0.150 e. The van der Waals surface area contributed by atoms with Crippen molar-refractivity contribution in [2.75, 3.05) is 31.6 Å². The number of amidine groups is 1. The Bertz CT molecular complexity index is 631. The molecule has 0 aromatic heterocycles. The Balaban J connectivity index is 1.47. The van der Waals surface area contributed by atoms with Crippen molar-refractivity contribution in [3.8, 4) is 0 Å². The van der Waals surface area contributed by atoms with Crippen LogP contribution < -0.4 is 10.8 Å². The van der Waals surface area contributed by atoms with E-state index in [1.807, 2.05) is 6.08 Å². The van der Waals surface area contributed by atoms with Crippen LogP contribution in [0.5, 0.6) is 0 Å². The van der Waals surface area contributed by atoms with E-state index in [0.717, 1.165) is 31.7 Å². The molecule has 3 N–H and O–H groups in total. The van der Waals surface area contributed by atoms with Crippen molar-refractivity contribution in [2.24, 2.45) is 11.8 Å². The van der Waals surface area contributed by atoms with Gasteiger partial charge in [-0.25, -0.2) is 8.42 Å². The maximum atomic E-state index is 11.6. The Hall–Kier alpha value is -1.12. The topological polar surface area (TPSA) is 94.5 Å². The van der Waals surface area contributed by atoms with Gasteiger partial charge in [0.05, 0.1) is 17.3 Å². The molecular weight excluding hydrogens is 352 g/mol. The predicted molar refractivity (Wildman–Crippen MR) is 103 cm³/mol. The van der Waals surface area contributed by atoms with E-state index in [1.54, 1.807) is 7.05 Å². The van der Waals surface area contributed by atoms with E-state index in [9.17, 15) is 8.42 Å². The van der Waals surface area contributed by atoms with Crippen LogP contribution in [0.15, 0.2) is 11.8 Å². The summed E-state index contributed by atoms with van der Waals surface area (Å²) in [4.78, 5) is 7.87. The molecule has 7 nitrogen and oxygen atoms in total. The second-order valence-corrected chi connectivity index (χ2v) is 10.2. The molecule has 0 aromatic rings. The minimum absolute atomic E-state index is 0.254. The SMILES string of the molecule is CNO/C(=C\CC(=N)N[C@H]1CN(C2CCS(=O)(=O)CC2)C[C@@H]1C)C1CC1. The summed E-state index contributed by atoms with van der Waals surface area (Å²) in [5.74, 6) is 3.07. The Morgan fingerprint density at radius 1 is 1.23 bits per heavy atom. The number of sulfone groups is 1. The average Bonchev–Trinajstić information content (AvgIpc) is 3.36.